The topological polar surface area (TPSA) is 21.3 Å². The van der Waals surface area contributed by atoms with Crippen LogP contribution in [0.15, 0.2) is 24.3 Å². The molecule has 0 aromatic heterocycles. The highest BCUT2D eigenvalue weighted by Gasteiger charge is 2.35. The van der Waals surface area contributed by atoms with Crippen LogP contribution in [0, 0.1) is 11.8 Å². The maximum Gasteiger partial charge on any atom is 0.119 e. The summed E-state index contributed by atoms with van der Waals surface area (Å²) in [5.41, 5.74) is 1.35. The Bertz CT molecular complexity index is 385. The van der Waals surface area contributed by atoms with Gasteiger partial charge in [0.05, 0.1) is 6.61 Å². The summed E-state index contributed by atoms with van der Waals surface area (Å²) in [6.07, 6.45) is 2.64. The molecule has 2 heteroatoms. The van der Waals surface area contributed by atoms with Crippen LogP contribution in [0.3, 0.4) is 0 Å². The van der Waals surface area contributed by atoms with Gasteiger partial charge in [-0.05, 0) is 42.9 Å². The first-order valence-corrected chi connectivity index (χ1v) is 7.59. The molecule has 3 unspecified atom stereocenters. The van der Waals surface area contributed by atoms with Gasteiger partial charge in [-0.2, -0.15) is 0 Å². The molecule has 0 radical (unpaired) electrons. The summed E-state index contributed by atoms with van der Waals surface area (Å²) in [5.74, 6) is 2.44. The molecule has 0 saturated heterocycles. The van der Waals surface area contributed by atoms with Crippen molar-refractivity contribution >= 4 is 0 Å². The summed E-state index contributed by atoms with van der Waals surface area (Å²) in [6, 6.07) is 9.69. The predicted molar refractivity (Wildman–Crippen MR) is 80.5 cm³/mol. The maximum absolute atomic E-state index is 5.71. The first kappa shape index (κ1) is 14.4. The van der Waals surface area contributed by atoms with Gasteiger partial charge in [0.25, 0.3) is 0 Å². The van der Waals surface area contributed by atoms with Crippen molar-refractivity contribution in [2.75, 3.05) is 6.61 Å². The van der Waals surface area contributed by atoms with Crippen LogP contribution in [0.4, 0.5) is 0 Å². The van der Waals surface area contributed by atoms with Crippen molar-refractivity contribution < 1.29 is 4.74 Å². The van der Waals surface area contributed by atoms with Gasteiger partial charge in [-0.15, -0.1) is 0 Å². The van der Waals surface area contributed by atoms with E-state index in [1.807, 2.05) is 0 Å². The monoisotopic (exact) mass is 261 g/mol. The molecule has 1 fully saturated rings. The minimum atomic E-state index is 0.431. The zero-order valence-corrected chi connectivity index (χ0v) is 12.6. The molecule has 3 atom stereocenters. The fraction of sp³-hybridized carbons (Fsp3) is 0.647. The number of hydrogen-bond acceptors (Lipinski definition) is 2. The maximum atomic E-state index is 5.71. The van der Waals surface area contributed by atoms with E-state index in [2.05, 4.69) is 57.3 Å². The van der Waals surface area contributed by atoms with Gasteiger partial charge in [-0.25, -0.2) is 0 Å². The van der Waals surface area contributed by atoms with E-state index in [9.17, 15) is 0 Å². The molecule has 0 bridgehead atoms. The van der Waals surface area contributed by atoms with E-state index in [1.54, 1.807) is 0 Å². The van der Waals surface area contributed by atoms with Crippen LogP contribution >= 0.6 is 0 Å². The molecule has 0 heterocycles. The average molecular weight is 261 g/mol. The minimum absolute atomic E-state index is 0.431. The van der Waals surface area contributed by atoms with Gasteiger partial charge < -0.3 is 10.1 Å². The zero-order chi connectivity index (χ0) is 13.8. The lowest BCUT2D eigenvalue weighted by Gasteiger charge is -2.15. The van der Waals surface area contributed by atoms with E-state index >= 15 is 0 Å². The summed E-state index contributed by atoms with van der Waals surface area (Å²) in [4.78, 5) is 0. The average Bonchev–Trinajstić information content (AvgIpc) is 3.15. The third-order valence-corrected chi connectivity index (χ3v) is 3.87. The van der Waals surface area contributed by atoms with E-state index < -0.39 is 0 Å². The van der Waals surface area contributed by atoms with Gasteiger partial charge in [0, 0.05) is 12.1 Å². The Morgan fingerprint density at radius 3 is 2.42 bits per heavy atom. The van der Waals surface area contributed by atoms with Gasteiger partial charge >= 0.3 is 0 Å². The van der Waals surface area contributed by atoms with Crippen molar-refractivity contribution in [2.24, 2.45) is 11.8 Å². The quantitative estimate of drug-likeness (QED) is 0.795. The molecule has 2 rings (SSSR count). The Balaban J connectivity index is 1.83. The van der Waals surface area contributed by atoms with Crippen molar-refractivity contribution in [3.05, 3.63) is 29.8 Å². The zero-order valence-electron chi connectivity index (χ0n) is 12.6. The van der Waals surface area contributed by atoms with Crippen LogP contribution in [0.2, 0.25) is 0 Å². The van der Waals surface area contributed by atoms with Crippen LogP contribution in [0.25, 0.3) is 0 Å². The third-order valence-electron chi connectivity index (χ3n) is 3.87. The molecule has 106 valence electrons. The molecule has 19 heavy (non-hydrogen) atoms. The molecule has 0 amide bonds. The highest BCUT2D eigenvalue weighted by molar-refractivity contribution is 5.29. The summed E-state index contributed by atoms with van der Waals surface area (Å²) in [7, 11) is 0. The number of hydrogen-bond donors (Lipinski definition) is 1. The van der Waals surface area contributed by atoms with E-state index in [0.717, 1.165) is 24.3 Å². The summed E-state index contributed by atoms with van der Waals surface area (Å²) in [6.45, 7) is 9.64. The molecular formula is C17H27NO. The standard InChI is InChI=1S/C17H27NO/c1-5-14-10-17(14)18-13(4)15-6-8-16(9-7-15)19-11-12(2)3/h6-9,12-14,17-18H,5,10-11H2,1-4H3. The molecule has 0 aliphatic heterocycles. The molecule has 1 saturated carbocycles. The Labute approximate surface area is 117 Å². The lowest BCUT2D eigenvalue weighted by molar-refractivity contribution is 0.271. The second kappa shape index (κ2) is 6.42. The smallest absolute Gasteiger partial charge is 0.119 e. The largest absolute Gasteiger partial charge is 0.493 e. The van der Waals surface area contributed by atoms with Gasteiger partial charge in [0.2, 0.25) is 0 Å². The fourth-order valence-electron chi connectivity index (χ4n) is 2.44. The first-order chi connectivity index (χ1) is 9.10. The molecule has 1 aliphatic carbocycles. The highest BCUT2D eigenvalue weighted by Crippen LogP contribution is 2.35. The van der Waals surface area contributed by atoms with Crippen molar-refractivity contribution in [3.8, 4) is 5.75 Å². The molecule has 0 spiro atoms. The van der Waals surface area contributed by atoms with Crippen LogP contribution in [0.1, 0.15) is 52.1 Å². The minimum Gasteiger partial charge on any atom is -0.493 e. The van der Waals surface area contributed by atoms with E-state index in [0.29, 0.717) is 12.0 Å². The molecular weight excluding hydrogens is 234 g/mol. The second-order valence-corrected chi connectivity index (χ2v) is 6.17. The number of rotatable bonds is 7. The van der Waals surface area contributed by atoms with Crippen LogP contribution in [0.5, 0.6) is 5.75 Å². The van der Waals surface area contributed by atoms with Gasteiger partial charge in [-0.1, -0.05) is 39.3 Å². The Morgan fingerprint density at radius 2 is 1.89 bits per heavy atom. The molecule has 1 aromatic carbocycles. The Kier molecular flexibility index (Phi) is 4.87. The Hall–Kier alpha value is -1.02. The first-order valence-electron chi connectivity index (χ1n) is 7.59. The van der Waals surface area contributed by atoms with E-state index in [4.69, 9.17) is 4.74 Å². The third kappa shape index (κ3) is 4.24. The second-order valence-electron chi connectivity index (χ2n) is 6.17. The summed E-state index contributed by atoms with van der Waals surface area (Å²) < 4.78 is 5.71. The molecule has 1 aromatic rings. The van der Waals surface area contributed by atoms with Crippen LogP contribution < -0.4 is 10.1 Å². The van der Waals surface area contributed by atoms with Gasteiger partial charge in [-0.3, -0.25) is 0 Å². The number of nitrogens with one attached hydrogen (secondary N) is 1. The molecule has 2 nitrogen and oxygen atoms in total. The normalized spacial score (nSPS) is 23.4. The Morgan fingerprint density at radius 1 is 1.21 bits per heavy atom. The molecule has 1 aliphatic rings. The van der Waals surface area contributed by atoms with Crippen LogP contribution in [-0.2, 0) is 0 Å². The lowest BCUT2D eigenvalue weighted by Crippen LogP contribution is -2.22. The highest BCUT2D eigenvalue weighted by atomic mass is 16.5. The fourth-order valence-corrected chi connectivity index (χ4v) is 2.44. The van der Waals surface area contributed by atoms with Gasteiger partial charge in [0.15, 0.2) is 0 Å². The van der Waals surface area contributed by atoms with E-state index in [1.165, 1.54) is 18.4 Å². The van der Waals surface area contributed by atoms with Crippen molar-refractivity contribution in [2.45, 2.75) is 52.6 Å². The van der Waals surface area contributed by atoms with Crippen molar-refractivity contribution in [3.63, 3.8) is 0 Å². The summed E-state index contributed by atoms with van der Waals surface area (Å²) in [5, 5.41) is 3.70. The number of benzene rings is 1. The van der Waals surface area contributed by atoms with Crippen molar-refractivity contribution in [1.82, 2.24) is 5.32 Å². The lowest BCUT2D eigenvalue weighted by atomic mass is 10.1. The van der Waals surface area contributed by atoms with Gasteiger partial charge in [0.1, 0.15) is 5.75 Å². The molecule has 1 N–H and O–H groups in total. The van der Waals surface area contributed by atoms with Crippen molar-refractivity contribution in [1.29, 1.82) is 0 Å². The van der Waals surface area contributed by atoms with E-state index in [-0.39, 0.29) is 0 Å². The van der Waals surface area contributed by atoms with Crippen LogP contribution in [-0.4, -0.2) is 12.6 Å². The predicted octanol–water partition coefficient (Wildman–Crippen LogP) is 4.17. The SMILES string of the molecule is CCC1CC1NC(C)c1ccc(OCC(C)C)cc1. The number of ether oxygens (including phenoxy) is 1. The summed E-state index contributed by atoms with van der Waals surface area (Å²) >= 11 is 0.